The van der Waals surface area contributed by atoms with E-state index in [1.165, 1.54) is 12.8 Å². The molecule has 2 aliphatic carbocycles. The fourth-order valence-electron chi connectivity index (χ4n) is 3.26. The van der Waals surface area contributed by atoms with Crippen molar-refractivity contribution in [3.8, 4) is 0 Å². The molecule has 0 radical (unpaired) electrons. The monoisotopic (exact) mass is 417 g/mol. The van der Waals surface area contributed by atoms with Gasteiger partial charge in [0.15, 0.2) is 5.69 Å². The molecular formula is C19H20BrN3O3. The van der Waals surface area contributed by atoms with Gasteiger partial charge in [-0.1, -0.05) is 18.0 Å². The molecule has 0 bridgehead atoms. The lowest BCUT2D eigenvalue weighted by molar-refractivity contribution is 0.0936. The molecule has 0 unspecified atom stereocenters. The van der Waals surface area contributed by atoms with Crippen LogP contribution in [0.5, 0.6) is 0 Å². The molecule has 2 saturated carbocycles. The van der Waals surface area contributed by atoms with Crippen LogP contribution in [0.2, 0.25) is 0 Å². The molecule has 7 heteroatoms. The molecule has 0 spiro atoms. The highest BCUT2D eigenvalue weighted by Gasteiger charge is 2.29. The van der Waals surface area contributed by atoms with E-state index in [1.807, 2.05) is 0 Å². The fraction of sp³-hybridized carbons (Fsp3) is 0.421. The van der Waals surface area contributed by atoms with Crippen molar-refractivity contribution in [1.82, 2.24) is 10.5 Å². The van der Waals surface area contributed by atoms with Gasteiger partial charge in [0.2, 0.25) is 0 Å². The number of nitrogens with zero attached hydrogens (tertiary/aromatic N) is 1. The lowest BCUT2D eigenvalue weighted by atomic mass is 10.1. The molecule has 0 aliphatic heterocycles. The number of carbonyl (C=O) groups excluding carboxylic acids is 2. The van der Waals surface area contributed by atoms with Gasteiger partial charge in [0.05, 0.1) is 5.56 Å². The number of hydrogen-bond acceptors (Lipinski definition) is 4. The number of nitrogens with one attached hydrogen (secondary N) is 2. The summed E-state index contributed by atoms with van der Waals surface area (Å²) in [6.07, 6.45) is 6.60. The summed E-state index contributed by atoms with van der Waals surface area (Å²) in [5, 5.41) is 9.69. The average Bonchev–Trinajstić information content (AvgIpc) is 3.12. The molecule has 2 aromatic rings. The number of benzene rings is 1. The van der Waals surface area contributed by atoms with Gasteiger partial charge in [-0.2, -0.15) is 0 Å². The maximum absolute atomic E-state index is 12.4. The first-order chi connectivity index (χ1) is 12.6. The summed E-state index contributed by atoms with van der Waals surface area (Å²) < 4.78 is 5.86. The van der Waals surface area contributed by atoms with Gasteiger partial charge < -0.3 is 15.2 Å². The minimum atomic E-state index is -0.323. The van der Waals surface area contributed by atoms with Gasteiger partial charge in [-0.15, -0.1) is 0 Å². The Bertz CT molecular complexity index is 838. The van der Waals surface area contributed by atoms with E-state index >= 15 is 0 Å². The van der Waals surface area contributed by atoms with Crippen LogP contribution in [-0.4, -0.2) is 23.0 Å². The Labute approximate surface area is 159 Å². The van der Waals surface area contributed by atoms with Crippen molar-refractivity contribution < 1.29 is 14.1 Å². The van der Waals surface area contributed by atoms with Crippen molar-refractivity contribution in [2.75, 3.05) is 5.32 Å². The third-order valence-corrected chi connectivity index (χ3v) is 5.56. The molecule has 6 nitrogen and oxygen atoms in total. The van der Waals surface area contributed by atoms with E-state index in [1.54, 1.807) is 24.3 Å². The zero-order valence-corrected chi connectivity index (χ0v) is 15.8. The second-order valence-electron chi connectivity index (χ2n) is 6.99. The summed E-state index contributed by atoms with van der Waals surface area (Å²) in [6, 6.07) is 7.12. The lowest BCUT2D eigenvalue weighted by Crippen LogP contribution is -2.32. The van der Waals surface area contributed by atoms with Crippen molar-refractivity contribution in [2.45, 2.75) is 50.5 Å². The maximum Gasteiger partial charge on any atom is 0.277 e. The Morgan fingerprint density at radius 1 is 1.08 bits per heavy atom. The van der Waals surface area contributed by atoms with Gasteiger partial charge in [0.1, 0.15) is 5.76 Å². The van der Waals surface area contributed by atoms with E-state index in [0.717, 1.165) is 31.4 Å². The molecular weight excluding hydrogens is 398 g/mol. The molecule has 2 N–H and O–H groups in total. The number of aromatic nitrogens is 1. The van der Waals surface area contributed by atoms with Crippen LogP contribution in [0.15, 0.2) is 33.3 Å². The van der Waals surface area contributed by atoms with Crippen molar-refractivity contribution in [3.63, 3.8) is 0 Å². The first-order valence-electron chi connectivity index (χ1n) is 8.98. The van der Waals surface area contributed by atoms with Crippen molar-refractivity contribution >= 4 is 33.4 Å². The molecule has 1 aromatic carbocycles. The summed E-state index contributed by atoms with van der Waals surface area (Å²) in [5.74, 6) is 0.772. The number of carbonyl (C=O) groups is 2. The topological polar surface area (TPSA) is 84.2 Å². The zero-order chi connectivity index (χ0) is 18.1. The van der Waals surface area contributed by atoms with Gasteiger partial charge >= 0.3 is 0 Å². The first-order valence-corrected chi connectivity index (χ1v) is 9.78. The SMILES string of the molecule is O=C(Nc1ccc(C(=O)NC2CCCC2)c(Br)c1)c1cc(C2CC2)on1. The first kappa shape index (κ1) is 17.3. The Morgan fingerprint density at radius 2 is 1.85 bits per heavy atom. The largest absolute Gasteiger partial charge is 0.360 e. The molecule has 1 heterocycles. The van der Waals surface area contributed by atoms with Crippen LogP contribution in [0.3, 0.4) is 0 Å². The third-order valence-electron chi connectivity index (χ3n) is 4.90. The van der Waals surface area contributed by atoms with Crippen LogP contribution in [0.25, 0.3) is 0 Å². The highest BCUT2D eigenvalue weighted by Crippen LogP contribution is 2.40. The zero-order valence-electron chi connectivity index (χ0n) is 14.3. The highest BCUT2D eigenvalue weighted by molar-refractivity contribution is 9.10. The van der Waals surface area contributed by atoms with Crippen LogP contribution < -0.4 is 10.6 Å². The van der Waals surface area contributed by atoms with Crippen LogP contribution in [-0.2, 0) is 0 Å². The quantitative estimate of drug-likeness (QED) is 0.761. The second kappa shape index (κ2) is 7.23. The van der Waals surface area contributed by atoms with Gasteiger partial charge in [0, 0.05) is 28.2 Å². The van der Waals surface area contributed by atoms with Gasteiger partial charge in [-0.3, -0.25) is 9.59 Å². The highest BCUT2D eigenvalue weighted by atomic mass is 79.9. The van der Waals surface area contributed by atoms with E-state index in [2.05, 4.69) is 31.7 Å². The van der Waals surface area contributed by atoms with E-state index < -0.39 is 0 Å². The molecule has 0 atom stereocenters. The van der Waals surface area contributed by atoms with Gasteiger partial charge in [-0.25, -0.2) is 0 Å². The summed E-state index contributed by atoms with van der Waals surface area (Å²) in [4.78, 5) is 24.7. The molecule has 4 rings (SSSR count). The maximum atomic E-state index is 12.4. The Kier molecular flexibility index (Phi) is 4.80. The fourth-order valence-corrected chi connectivity index (χ4v) is 3.82. The average molecular weight is 418 g/mol. The van der Waals surface area contributed by atoms with Crippen LogP contribution >= 0.6 is 15.9 Å². The molecule has 2 aliphatic rings. The summed E-state index contributed by atoms with van der Waals surface area (Å²) >= 11 is 3.43. The third kappa shape index (κ3) is 3.82. The number of hydrogen-bond donors (Lipinski definition) is 2. The Balaban J connectivity index is 1.41. The van der Waals surface area contributed by atoms with Gasteiger partial charge in [0.25, 0.3) is 11.8 Å². The standard InChI is InChI=1S/C19H20BrN3O3/c20-15-9-13(7-8-14(15)18(24)21-12-3-1-2-4-12)22-19(25)16-10-17(26-23-16)11-5-6-11/h7-12H,1-6H2,(H,21,24)(H,22,25). The minimum absolute atomic E-state index is 0.0905. The Morgan fingerprint density at radius 3 is 2.54 bits per heavy atom. The number of anilines is 1. The minimum Gasteiger partial charge on any atom is -0.360 e. The van der Waals surface area contributed by atoms with Gasteiger partial charge in [-0.05, 0) is 59.8 Å². The van der Waals surface area contributed by atoms with Crippen molar-refractivity contribution in [3.05, 3.63) is 45.8 Å². The smallest absolute Gasteiger partial charge is 0.277 e. The van der Waals surface area contributed by atoms with Crippen LogP contribution in [0, 0.1) is 0 Å². The van der Waals surface area contributed by atoms with E-state index in [0.29, 0.717) is 21.6 Å². The molecule has 1 aromatic heterocycles. The van der Waals surface area contributed by atoms with Crippen molar-refractivity contribution in [2.24, 2.45) is 0 Å². The molecule has 2 amide bonds. The van der Waals surface area contributed by atoms with Crippen LogP contribution in [0.4, 0.5) is 5.69 Å². The summed E-state index contributed by atoms with van der Waals surface area (Å²) in [5.41, 5.74) is 1.42. The number of amides is 2. The summed E-state index contributed by atoms with van der Waals surface area (Å²) in [7, 11) is 0. The van der Waals surface area contributed by atoms with E-state index in [-0.39, 0.29) is 23.6 Å². The molecule has 0 saturated heterocycles. The number of halogens is 1. The molecule has 26 heavy (non-hydrogen) atoms. The predicted molar refractivity (Wildman–Crippen MR) is 100 cm³/mol. The van der Waals surface area contributed by atoms with E-state index in [9.17, 15) is 9.59 Å². The van der Waals surface area contributed by atoms with Crippen molar-refractivity contribution in [1.29, 1.82) is 0 Å². The lowest BCUT2D eigenvalue weighted by Gasteiger charge is -2.13. The normalized spacial score (nSPS) is 17.3. The summed E-state index contributed by atoms with van der Waals surface area (Å²) in [6.45, 7) is 0. The molecule has 2 fully saturated rings. The molecule has 136 valence electrons. The second-order valence-corrected chi connectivity index (χ2v) is 7.85. The van der Waals surface area contributed by atoms with Crippen LogP contribution in [0.1, 0.15) is 71.0 Å². The predicted octanol–water partition coefficient (Wildman–Crippen LogP) is 4.24. The Hall–Kier alpha value is -2.15. The number of rotatable bonds is 5. The van der Waals surface area contributed by atoms with E-state index in [4.69, 9.17) is 4.52 Å².